The maximum Gasteiger partial charge on any atom is 0.359 e. The summed E-state index contributed by atoms with van der Waals surface area (Å²) in [5.41, 5.74) is 4.10. The Bertz CT molecular complexity index is 1320. The lowest BCUT2D eigenvalue weighted by atomic mass is 10.1. The van der Waals surface area contributed by atoms with Crippen molar-refractivity contribution in [2.24, 2.45) is 0 Å². The maximum absolute atomic E-state index is 13.8. The van der Waals surface area contributed by atoms with Gasteiger partial charge in [-0.2, -0.15) is 4.57 Å². The highest BCUT2D eigenvalue weighted by molar-refractivity contribution is 5.82. The first-order valence-electron chi connectivity index (χ1n) is 10.8. The Hall–Kier alpha value is -4.06. The van der Waals surface area contributed by atoms with Gasteiger partial charge in [-0.15, -0.1) is 0 Å². The number of carbonyl (C=O) groups excluding carboxylic acids is 1. The van der Waals surface area contributed by atoms with Gasteiger partial charge in [-0.25, -0.2) is 14.2 Å². The lowest BCUT2D eigenvalue weighted by molar-refractivity contribution is -0.552. The summed E-state index contributed by atoms with van der Waals surface area (Å²) in [5, 5.41) is 3.37. The summed E-state index contributed by atoms with van der Waals surface area (Å²) in [6.45, 7) is 0. The lowest BCUT2D eigenvalue weighted by Gasteiger charge is -2.07. The number of nitrogens with one attached hydrogen (secondary N) is 1. The molecule has 2 heterocycles. The van der Waals surface area contributed by atoms with Crippen LogP contribution in [0.4, 0.5) is 10.2 Å². The SMILES string of the molecule is COc1cccc(CC2Nc3c(Cc4cccc(F)c4)nc(-c4ccccc4)c[n+]3C2=O)c1. The predicted molar refractivity (Wildman–Crippen MR) is 124 cm³/mol. The zero-order chi connectivity index (χ0) is 22.8. The fourth-order valence-electron chi connectivity index (χ4n) is 4.16. The van der Waals surface area contributed by atoms with Crippen LogP contribution in [0.25, 0.3) is 11.3 Å². The number of ether oxygens (including phenoxy) is 1. The van der Waals surface area contributed by atoms with Gasteiger partial charge in [-0.05, 0) is 35.4 Å². The van der Waals surface area contributed by atoms with Crippen molar-refractivity contribution in [1.29, 1.82) is 0 Å². The Kier molecular flexibility index (Phi) is 5.57. The summed E-state index contributed by atoms with van der Waals surface area (Å²) in [7, 11) is 1.62. The van der Waals surface area contributed by atoms with Crippen molar-refractivity contribution in [2.45, 2.75) is 18.9 Å². The van der Waals surface area contributed by atoms with Gasteiger partial charge in [-0.1, -0.05) is 54.6 Å². The standard InChI is InChI=1S/C27H22FN3O2/c1-33-22-12-6-8-19(14-22)16-24-27(32)31-17-25(20-9-3-2-4-10-20)29-23(26(31)30-24)15-18-7-5-11-21(28)13-18/h2-14,17,24H,15-16H2,1H3/p+1. The van der Waals surface area contributed by atoms with E-state index in [9.17, 15) is 9.18 Å². The summed E-state index contributed by atoms with van der Waals surface area (Å²) >= 11 is 0. The number of rotatable bonds is 6. The third-order valence-electron chi connectivity index (χ3n) is 5.77. The van der Waals surface area contributed by atoms with Crippen LogP contribution < -0.4 is 14.6 Å². The molecule has 0 fully saturated rings. The number of benzene rings is 3. The average molecular weight is 440 g/mol. The number of anilines is 1. The molecule has 0 radical (unpaired) electrons. The first kappa shape index (κ1) is 20.8. The van der Waals surface area contributed by atoms with E-state index < -0.39 is 6.04 Å². The number of aromatic nitrogens is 2. The normalized spacial score (nSPS) is 14.6. The lowest BCUT2D eigenvalue weighted by Crippen LogP contribution is -2.44. The minimum absolute atomic E-state index is 0.0482. The van der Waals surface area contributed by atoms with Crippen LogP contribution in [0.5, 0.6) is 5.75 Å². The van der Waals surface area contributed by atoms with E-state index in [0.29, 0.717) is 30.0 Å². The van der Waals surface area contributed by atoms with Crippen LogP contribution in [0.1, 0.15) is 21.6 Å². The maximum atomic E-state index is 13.8. The third-order valence-corrected chi connectivity index (χ3v) is 5.77. The summed E-state index contributed by atoms with van der Waals surface area (Å²) < 4.78 is 20.8. The number of hydrogen-bond donors (Lipinski definition) is 1. The Morgan fingerprint density at radius 2 is 1.79 bits per heavy atom. The summed E-state index contributed by atoms with van der Waals surface area (Å²) in [6.07, 6.45) is 2.69. The number of nitrogens with zero attached hydrogens (tertiary/aromatic N) is 2. The van der Waals surface area contributed by atoms with Crippen molar-refractivity contribution >= 4 is 11.7 Å². The zero-order valence-corrected chi connectivity index (χ0v) is 18.2. The van der Waals surface area contributed by atoms with E-state index in [4.69, 9.17) is 9.72 Å². The van der Waals surface area contributed by atoms with Crippen molar-refractivity contribution in [3.8, 4) is 17.0 Å². The van der Waals surface area contributed by atoms with E-state index in [-0.39, 0.29) is 11.7 Å². The zero-order valence-electron chi connectivity index (χ0n) is 18.2. The molecule has 0 amide bonds. The molecule has 1 aromatic heterocycles. The Morgan fingerprint density at radius 3 is 2.58 bits per heavy atom. The molecule has 0 saturated heterocycles. The third kappa shape index (κ3) is 4.32. The first-order chi connectivity index (χ1) is 16.1. The molecule has 4 aromatic rings. The molecule has 0 aliphatic carbocycles. The molecule has 1 unspecified atom stereocenters. The molecule has 0 saturated carbocycles. The van der Waals surface area contributed by atoms with Crippen molar-refractivity contribution in [3.05, 3.63) is 108 Å². The van der Waals surface area contributed by atoms with Crippen LogP contribution in [-0.4, -0.2) is 24.0 Å². The molecular formula is C27H23FN3O2+. The molecule has 0 spiro atoms. The summed E-state index contributed by atoms with van der Waals surface area (Å²) in [4.78, 5) is 18.2. The number of carbonyl (C=O) groups is 1. The minimum atomic E-state index is -0.434. The Labute approximate surface area is 191 Å². The molecule has 1 N–H and O–H groups in total. The second-order valence-corrected chi connectivity index (χ2v) is 8.05. The van der Waals surface area contributed by atoms with Crippen LogP contribution >= 0.6 is 0 Å². The minimum Gasteiger partial charge on any atom is -0.497 e. The highest BCUT2D eigenvalue weighted by atomic mass is 19.1. The van der Waals surface area contributed by atoms with Gasteiger partial charge in [0.15, 0.2) is 6.04 Å². The van der Waals surface area contributed by atoms with Gasteiger partial charge in [0.05, 0.1) is 7.11 Å². The van der Waals surface area contributed by atoms with Crippen molar-refractivity contribution < 1.29 is 18.5 Å². The highest BCUT2D eigenvalue weighted by Gasteiger charge is 2.41. The molecule has 1 aliphatic rings. The van der Waals surface area contributed by atoms with Crippen LogP contribution in [-0.2, 0) is 12.8 Å². The molecule has 5 rings (SSSR count). The molecule has 1 aliphatic heterocycles. The van der Waals surface area contributed by atoms with Crippen LogP contribution in [0.15, 0.2) is 85.1 Å². The second-order valence-electron chi connectivity index (χ2n) is 8.05. The van der Waals surface area contributed by atoms with Crippen LogP contribution in [0.2, 0.25) is 0 Å². The fourth-order valence-corrected chi connectivity index (χ4v) is 4.16. The smallest absolute Gasteiger partial charge is 0.359 e. The van der Waals surface area contributed by atoms with E-state index in [1.807, 2.05) is 60.7 Å². The number of fused-ring (bicyclic) bond motifs is 1. The first-order valence-corrected chi connectivity index (χ1v) is 10.8. The average Bonchev–Trinajstić information content (AvgIpc) is 3.15. The van der Waals surface area contributed by atoms with Crippen molar-refractivity contribution in [3.63, 3.8) is 0 Å². The Morgan fingerprint density at radius 1 is 1.00 bits per heavy atom. The van der Waals surface area contributed by atoms with Crippen LogP contribution in [0.3, 0.4) is 0 Å². The van der Waals surface area contributed by atoms with E-state index in [1.165, 1.54) is 12.1 Å². The number of halogens is 1. The monoisotopic (exact) mass is 440 g/mol. The quantitative estimate of drug-likeness (QED) is 0.450. The van der Waals surface area contributed by atoms with Gasteiger partial charge in [0.1, 0.15) is 29.2 Å². The number of methoxy groups -OCH3 is 1. The summed E-state index contributed by atoms with van der Waals surface area (Å²) in [5.74, 6) is 1.06. The van der Waals surface area contributed by atoms with E-state index in [1.54, 1.807) is 23.9 Å². The van der Waals surface area contributed by atoms with E-state index in [2.05, 4.69) is 5.32 Å². The molecule has 33 heavy (non-hydrogen) atoms. The van der Waals surface area contributed by atoms with Crippen LogP contribution in [0, 0.1) is 5.82 Å². The molecule has 164 valence electrons. The molecule has 1 atom stereocenters. The fraction of sp³-hybridized carbons (Fsp3) is 0.148. The Balaban J connectivity index is 1.53. The molecular weight excluding hydrogens is 417 g/mol. The van der Waals surface area contributed by atoms with E-state index >= 15 is 0 Å². The molecule has 5 nitrogen and oxygen atoms in total. The van der Waals surface area contributed by atoms with Gasteiger partial charge < -0.3 is 4.74 Å². The molecule has 0 bridgehead atoms. The second kappa shape index (κ2) is 8.82. The number of hydrogen-bond acceptors (Lipinski definition) is 4. The molecule has 6 heteroatoms. The topological polar surface area (TPSA) is 55.1 Å². The van der Waals surface area contributed by atoms with Crippen molar-refractivity contribution in [1.82, 2.24) is 4.98 Å². The van der Waals surface area contributed by atoms with Gasteiger partial charge in [0, 0.05) is 18.4 Å². The summed E-state index contributed by atoms with van der Waals surface area (Å²) in [6, 6.07) is 23.5. The highest BCUT2D eigenvalue weighted by Crippen LogP contribution is 2.25. The largest absolute Gasteiger partial charge is 0.497 e. The van der Waals surface area contributed by atoms with Crippen molar-refractivity contribution in [2.75, 3.05) is 12.4 Å². The molecule has 3 aromatic carbocycles. The van der Waals surface area contributed by atoms with Gasteiger partial charge in [-0.3, -0.25) is 5.32 Å². The van der Waals surface area contributed by atoms with Gasteiger partial charge in [0.2, 0.25) is 0 Å². The van der Waals surface area contributed by atoms with Gasteiger partial charge >= 0.3 is 11.7 Å². The van der Waals surface area contributed by atoms with Gasteiger partial charge in [0.25, 0.3) is 0 Å². The van der Waals surface area contributed by atoms with E-state index in [0.717, 1.165) is 22.4 Å². The predicted octanol–water partition coefficient (Wildman–Crippen LogP) is 4.45.